The minimum Gasteiger partial charge on any atom is -0.378 e. The van der Waals surface area contributed by atoms with Gasteiger partial charge in [0.25, 0.3) is 0 Å². The molecule has 0 radical (unpaired) electrons. The molecule has 2 heterocycles. The minimum atomic E-state index is 0.153. The average Bonchev–Trinajstić information content (AvgIpc) is 2.86. The van der Waals surface area contributed by atoms with E-state index in [9.17, 15) is 0 Å². The van der Waals surface area contributed by atoms with Gasteiger partial charge in [-0.05, 0) is 40.5 Å². The van der Waals surface area contributed by atoms with Crippen LogP contribution < -0.4 is 10.2 Å². The van der Waals surface area contributed by atoms with E-state index in [0.717, 1.165) is 44.2 Å². The number of nitrogens with zero attached hydrogens (tertiary/aromatic N) is 2. The predicted octanol–water partition coefficient (Wildman–Crippen LogP) is 3.04. The van der Waals surface area contributed by atoms with Gasteiger partial charge in [-0.2, -0.15) is 0 Å². The zero-order valence-corrected chi connectivity index (χ0v) is 13.9. The maximum Gasteiger partial charge on any atom is 0.185 e. The van der Waals surface area contributed by atoms with Crippen molar-refractivity contribution in [3.8, 4) is 0 Å². The molecule has 4 nitrogen and oxygen atoms in total. The lowest BCUT2D eigenvalue weighted by Gasteiger charge is -2.31. The summed E-state index contributed by atoms with van der Waals surface area (Å²) in [5.41, 5.74) is 0.153. The summed E-state index contributed by atoms with van der Waals surface area (Å²) >= 11 is 1.81. The first kappa shape index (κ1) is 15.7. The van der Waals surface area contributed by atoms with E-state index in [1.165, 1.54) is 4.88 Å². The molecule has 2 rings (SSSR count). The number of piperidine rings is 1. The molecule has 1 saturated heterocycles. The lowest BCUT2D eigenvalue weighted by atomic mass is 10.1. The molecular weight excluding hydrogens is 270 g/mol. The molecular formula is C15H27N3OS. The highest BCUT2D eigenvalue weighted by Gasteiger charge is 2.21. The van der Waals surface area contributed by atoms with Gasteiger partial charge < -0.3 is 15.0 Å². The van der Waals surface area contributed by atoms with Crippen molar-refractivity contribution in [2.75, 3.05) is 24.6 Å². The number of hydrogen-bond donors (Lipinski definition) is 1. The first-order valence-electron chi connectivity index (χ1n) is 7.54. The van der Waals surface area contributed by atoms with E-state index < -0.39 is 0 Å². The van der Waals surface area contributed by atoms with Crippen LogP contribution in [0.4, 0.5) is 5.13 Å². The van der Waals surface area contributed by atoms with Crippen LogP contribution in [0.3, 0.4) is 0 Å². The van der Waals surface area contributed by atoms with Crippen LogP contribution in [0.2, 0.25) is 0 Å². The van der Waals surface area contributed by atoms with Crippen molar-refractivity contribution in [2.24, 2.45) is 0 Å². The van der Waals surface area contributed by atoms with Crippen molar-refractivity contribution in [2.45, 2.75) is 58.7 Å². The van der Waals surface area contributed by atoms with Crippen LogP contribution in [0.25, 0.3) is 0 Å². The zero-order valence-electron chi connectivity index (χ0n) is 13.1. The molecule has 0 spiro atoms. The Morgan fingerprint density at radius 2 is 2.10 bits per heavy atom. The first-order valence-corrected chi connectivity index (χ1v) is 8.36. The van der Waals surface area contributed by atoms with Gasteiger partial charge in [0.1, 0.15) is 0 Å². The van der Waals surface area contributed by atoms with Crippen LogP contribution in [0.1, 0.15) is 45.4 Å². The number of aromatic nitrogens is 1. The Morgan fingerprint density at radius 1 is 1.40 bits per heavy atom. The first-order chi connectivity index (χ1) is 9.48. The summed E-state index contributed by atoms with van der Waals surface area (Å²) in [6.45, 7) is 12.5. The highest BCUT2D eigenvalue weighted by atomic mass is 32.1. The highest BCUT2D eigenvalue weighted by Crippen LogP contribution is 2.26. The Kier molecular flexibility index (Phi) is 5.41. The Bertz CT molecular complexity index is 405. The fourth-order valence-electron chi connectivity index (χ4n) is 2.33. The van der Waals surface area contributed by atoms with Gasteiger partial charge in [-0.1, -0.05) is 0 Å². The third-order valence-electron chi connectivity index (χ3n) is 3.45. The highest BCUT2D eigenvalue weighted by molar-refractivity contribution is 7.15. The summed E-state index contributed by atoms with van der Waals surface area (Å²) in [5, 5.41) is 4.67. The summed E-state index contributed by atoms with van der Waals surface area (Å²) in [4.78, 5) is 8.27. The molecule has 20 heavy (non-hydrogen) atoms. The zero-order chi connectivity index (χ0) is 14.6. The van der Waals surface area contributed by atoms with Crippen molar-refractivity contribution in [3.05, 3.63) is 11.1 Å². The van der Waals surface area contributed by atoms with Gasteiger partial charge in [-0.3, -0.25) is 0 Å². The molecule has 1 aromatic heterocycles. The maximum atomic E-state index is 5.69. The van der Waals surface area contributed by atoms with Crippen LogP contribution in [0.5, 0.6) is 0 Å². The topological polar surface area (TPSA) is 37.4 Å². The van der Waals surface area contributed by atoms with Crippen molar-refractivity contribution in [3.63, 3.8) is 0 Å². The summed E-state index contributed by atoms with van der Waals surface area (Å²) in [7, 11) is 0. The van der Waals surface area contributed by atoms with E-state index in [0.29, 0.717) is 6.10 Å². The van der Waals surface area contributed by atoms with Gasteiger partial charge in [0.15, 0.2) is 5.13 Å². The molecule has 0 atom stereocenters. The number of ether oxygens (including phenoxy) is 1. The fourth-order valence-corrected chi connectivity index (χ4v) is 3.23. The average molecular weight is 297 g/mol. The Morgan fingerprint density at radius 3 is 2.70 bits per heavy atom. The fraction of sp³-hybridized carbons (Fsp3) is 0.800. The van der Waals surface area contributed by atoms with Gasteiger partial charge in [0.2, 0.25) is 0 Å². The summed E-state index contributed by atoms with van der Waals surface area (Å²) in [5.74, 6) is 0. The molecule has 1 aliphatic heterocycles. The number of hydrogen-bond acceptors (Lipinski definition) is 5. The van der Waals surface area contributed by atoms with Crippen LogP contribution in [-0.2, 0) is 11.3 Å². The van der Waals surface area contributed by atoms with Crippen LogP contribution in [-0.4, -0.2) is 36.3 Å². The van der Waals surface area contributed by atoms with E-state index in [-0.39, 0.29) is 5.54 Å². The van der Waals surface area contributed by atoms with Crippen molar-refractivity contribution in [1.29, 1.82) is 0 Å². The normalized spacial score (nSPS) is 17.7. The van der Waals surface area contributed by atoms with E-state index >= 15 is 0 Å². The molecule has 1 fully saturated rings. The standard InChI is InChI=1S/C15H27N3OS/c1-5-19-12-6-8-18(9-7-12)14-16-10-13(20-14)11-17-15(2,3)4/h10,12,17H,5-9,11H2,1-4H3. The molecule has 0 aliphatic carbocycles. The number of thiazole rings is 1. The molecule has 0 bridgehead atoms. The summed E-state index contributed by atoms with van der Waals surface area (Å²) < 4.78 is 5.69. The Hall–Kier alpha value is -0.650. The molecule has 1 N–H and O–H groups in total. The van der Waals surface area contributed by atoms with Crippen LogP contribution >= 0.6 is 11.3 Å². The summed E-state index contributed by atoms with van der Waals surface area (Å²) in [6.07, 6.45) is 4.68. The minimum absolute atomic E-state index is 0.153. The third-order valence-corrected chi connectivity index (χ3v) is 4.51. The second-order valence-electron chi connectivity index (χ2n) is 6.35. The Balaban J connectivity index is 1.84. The number of anilines is 1. The summed E-state index contributed by atoms with van der Waals surface area (Å²) in [6, 6.07) is 0. The van der Waals surface area contributed by atoms with E-state index in [2.05, 4.69) is 42.9 Å². The molecule has 5 heteroatoms. The van der Waals surface area contributed by atoms with Gasteiger partial charge in [0, 0.05) is 42.9 Å². The van der Waals surface area contributed by atoms with Gasteiger partial charge in [0.05, 0.1) is 6.10 Å². The van der Waals surface area contributed by atoms with E-state index in [1.54, 1.807) is 11.3 Å². The van der Waals surface area contributed by atoms with Crippen molar-refractivity contribution < 1.29 is 4.74 Å². The van der Waals surface area contributed by atoms with Crippen molar-refractivity contribution in [1.82, 2.24) is 10.3 Å². The number of nitrogens with one attached hydrogen (secondary N) is 1. The molecule has 1 aromatic rings. The lowest BCUT2D eigenvalue weighted by Crippen LogP contribution is -2.37. The lowest BCUT2D eigenvalue weighted by molar-refractivity contribution is 0.0459. The molecule has 0 amide bonds. The maximum absolute atomic E-state index is 5.69. The molecule has 0 aromatic carbocycles. The second-order valence-corrected chi connectivity index (χ2v) is 7.45. The number of rotatable bonds is 5. The van der Waals surface area contributed by atoms with Crippen LogP contribution in [0.15, 0.2) is 6.20 Å². The second kappa shape index (κ2) is 6.87. The van der Waals surface area contributed by atoms with Crippen LogP contribution in [0, 0.1) is 0 Å². The van der Waals surface area contributed by atoms with Gasteiger partial charge in [-0.25, -0.2) is 4.98 Å². The molecule has 114 valence electrons. The van der Waals surface area contributed by atoms with Crippen molar-refractivity contribution >= 4 is 16.5 Å². The van der Waals surface area contributed by atoms with E-state index in [4.69, 9.17) is 4.74 Å². The Labute approximate surface area is 126 Å². The third kappa shape index (κ3) is 4.72. The quantitative estimate of drug-likeness (QED) is 0.906. The van der Waals surface area contributed by atoms with E-state index in [1.807, 2.05) is 6.20 Å². The van der Waals surface area contributed by atoms with Gasteiger partial charge in [-0.15, -0.1) is 11.3 Å². The predicted molar refractivity (Wildman–Crippen MR) is 85.6 cm³/mol. The molecule has 0 saturated carbocycles. The van der Waals surface area contributed by atoms with Gasteiger partial charge >= 0.3 is 0 Å². The monoisotopic (exact) mass is 297 g/mol. The molecule has 0 unspecified atom stereocenters. The SMILES string of the molecule is CCOC1CCN(c2ncc(CNC(C)(C)C)s2)CC1. The largest absolute Gasteiger partial charge is 0.378 e. The molecule has 1 aliphatic rings. The smallest absolute Gasteiger partial charge is 0.185 e.